The van der Waals surface area contributed by atoms with E-state index in [1.807, 2.05) is 0 Å². The normalized spacial score (nSPS) is 7.11. The number of nitrogens with two attached hydrogens (primary N) is 1. The Balaban J connectivity index is 0. The number of carbonyl (C=O) groups is 1. The lowest BCUT2D eigenvalue weighted by Gasteiger charge is -1.89. The highest BCUT2D eigenvalue weighted by atomic mass is 16.5. The van der Waals surface area contributed by atoms with Crippen molar-refractivity contribution in [1.29, 1.82) is 0 Å². The van der Waals surface area contributed by atoms with E-state index in [1.165, 1.54) is 6.92 Å². The molecule has 0 unspecified atom stereocenters. The molecular weight excluding hydrogens is 122 g/mol. The van der Waals surface area contributed by atoms with Gasteiger partial charge in [0.25, 0.3) is 0 Å². The van der Waals surface area contributed by atoms with Crippen molar-refractivity contribution < 1.29 is 14.6 Å². The van der Waals surface area contributed by atoms with Crippen LogP contribution in [0.5, 0.6) is 0 Å². The Labute approximate surface area is 54.6 Å². The van der Waals surface area contributed by atoms with Crippen LogP contribution < -0.4 is 5.73 Å². The molecule has 0 heterocycles. The Bertz CT molecular complexity index is 65.2. The molecule has 9 heavy (non-hydrogen) atoms. The molecular formula is C5H13NO3. The van der Waals surface area contributed by atoms with Crippen LogP contribution in [0.2, 0.25) is 0 Å². The number of hydrogen-bond acceptors (Lipinski definition) is 4. The molecule has 0 aromatic heterocycles. The Morgan fingerprint density at radius 3 is 2.11 bits per heavy atom. The molecule has 0 aromatic carbocycles. The molecule has 0 radical (unpaired) electrons. The number of hydrogen-bond donors (Lipinski definition) is 2. The smallest absolute Gasteiger partial charge is 0.302 e. The maximum Gasteiger partial charge on any atom is 0.302 e. The van der Waals surface area contributed by atoms with Gasteiger partial charge in [0.05, 0.1) is 13.3 Å². The van der Waals surface area contributed by atoms with Crippen LogP contribution >= 0.6 is 0 Å². The average Bonchev–Trinajstić information content (AvgIpc) is 1.67. The van der Waals surface area contributed by atoms with Gasteiger partial charge in [-0.3, -0.25) is 4.79 Å². The number of ether oxygens (including phenoxy) is 1. The van der Waals surface area contributed by atoms with Crippen molar-refractivity contribution in [2.75, 3.05) is 13.3 Å². The van der Waals surface area contributed by atoms with Crippen LogP contribution in [0.15, 0.2) is 0 Å². The van der Waals surface area contributed by atoms with Crippen molar-refractivity contribution in [1.82, 2.24) is 0 Å². The van der Waals surface area contributed by atoms with Gasteiger partial charge in [0.2, 0.25) is 0 Å². The van der Waals surface area contributed by atoms with E-state index in [2.05, 4.69) is 10.5 Å². The molecule has 0 spiro atoms. The third kappa shape index (κ3) is 37.6. The van der Waals surface area contributed by atoms with Gasteiger partial charge in [0.15, 0.2) is 0 Å². The first kappa shape index (κ1) is 11.2. The van der Waals surface area contributed by atoms with Gasteiger partial charge in [-0.2, -0.15) is 0 Å². The summed E-state index contributed by atoms with van der Waals surface area (Å²) in [6.45, 7) is 3.40. The molecule has 3 N–H and O–H groups in total. The number of esters is 1. The van der Waals surface area contributed by atoms with Crippen LogP contribution in [0.3, 0.4) is 0 Å². The van der Waals surface area contributed by atoms with Crippen LogP contribution in [0.25, 0.3) is 0 Å². The minimum Gasteiger partial charge on any atom is -0.466 e. The Morgan fingerprint density at radius 2 is 2.11 bits per heavy atom. The van der Waals surface area contributed by atoms with E-state index in [0.29, 0.717) is 6.61 Å². The van der Waals surface area contributed by atoms with Crippen LogP contribution in [0.1, 0.15) is 13.8 Å². The first-order valence-electron chi connectivity index (χ1n) is 2.63. The molecule has 56 valence electrons. The van der Waals surface area contributed by atoms with E-state index < -0.39 is 0 Å². The molecule has 0 aliphatic rings. The van der Waals surface area contributed by atoms with Gasteiger partial charge in [0.1, 0.15) is 0 Å². The predicted molar refractivity (Wildman–Crippen MR) is 33.6 cm³/mol. The molecule has 0 aromatic rings. The summed E-state index contributed by atoms with van der Waals surface area (Å²) in [4.78, 5) is 9.82. The van der Waals surface area contributed by atoms with Gasteiger partial charge in [0, 0.05) is 6.92 Å². The van der Waals surface area contributed by atoms with E-state index in [1.54, 1.807) is 6.92 Å². The Kier molecular flexibility index (Phi) is 13.0. The first-order valence-corrected chi connectivity index (χ1v) is 2.63. The maximum atomic E-state index is 9.82. The second-order valence-corrected chi connectivity index (χ2v) is 1.11. The zero-order valence-electron chi connectivity index (χ0n) is 5.76. The van der Waals surface area contributed by atoms with Crippen molar-refractivity contribution >= 4 is 5.97 Å². The van der Waals surface area contributed by atoms with Gasteiger partial charge >= 0.3 is 5.97 Å². The molecule has 4 nitrogen and oxygen atoms in total. The van der Waals surface area contributed by atoms with E-state index in [4.69, 9.17) is 5.11 Å². The van der Waals surface area contributed by atoms with Crippen LogP contribution in [0, 0.1) is 0 Å². The highest BCUT2D eigenvalue weighted by Crippen LogP contribution is 1.69. The molecule has 0 rings (SSSR count). The number of carbonyl (C=O) groups excluding carboxylic acids is 1. The molecule has 0 fully saturated rings. The van der Waals surface area contributed by atoms with Crippen LogP contribution in [-0.2, 0) is 9.53 Å². The third-order valence-corrected chi connectivity index (χ3v) is 0.348. The highest BCUT2D eigenvalue weighted by molar-refractivity contribution is 5.65. The topological polar surface area (TPSA) is 72.5 Å². The monoisotopic (exact) mass is 135 g/mol. The summed E-state index contributed by atoms with van der Waals surface area (Å²) in [5.41, 5.74) is 4.40. The van der Waals surface area contributed by atoms with Gasteiger partial charge in [-0.05, 0) is 6.92 Å². The summed E-state index contributed by atoms with van der Waals surface area (Å²) in [5, 5.41) is 7.35. The quantitative estimate of drug-likeness (QED) is 0.374. The SMILES string of the molecule is CCOC(C)=O.NCO. The van der Waals surface area contributed by atoms with Crippen molar-refractivity contribution in [3.05, 3.63) is 0 Å². The lowest BCUT2D eigenvalue weighted by Crippen LogP contribution is -1.95. The second kappa shape index (κ2) is 10.4. The predicted octanol–water partition coefficient (Wildman–Crippen LogP) is -0.536. The number of rotatable bonds is 1. The van der Waals surface area contributed by atoms with Gasteiger partial charge in [-0.15, -0.1) is 0 Å². The van der Waals surface area contributed by atoms with Crippen LogP contribution in [-0.4, -0.2) is 24.4 Å². The number of aliphatic hydroxyl groups excluding tert-OH is 1. The lowest BCUT2D eigenvalue weighted by molar-refractivity contribution is -0.140. The van der Waals surface area contributed by atoms with Crippen molar-refractivity contribution in [3.8, 4) is 0 Å². The summed E-state index contributed by atoms with van der Waals surface area (Å²) >= 11 is 0. The number of aliphatic hydroxyl groups is 1. The lowest BCUT2D eigenvalue weighted by atomic mass is 10.8. The second-order valence-electron chi connectivity index (χ2n) is 1.11. The zero-order valence-corrected chi connectivity index (χ0v) is 5.76. The fourth-order valence-electron chi connectivity index (χ4n) is 0.203. The summed E-state index contributed by atoms with van der Waals surface area (Å²) in [7, 11) is 0. The van der Waals surface area contributed by atoms with E-state index in [0.717, 1.165) is 0 Å². The van der Waals surface area contributed by atoms with Crippen LogP contribution in [0.4, 0.5) is 0 Å². The third-order valence-electron chi connectivity index (χ3n) is 0.348. The Hall–Kier alpha value is -0.610. The minimum atomic E-state index is -0.250. The fraction of sp³-hybridized carbons (Fsp3) is 0.800. The van der Waals surface area contributed by atoms with Gasteiger partial charge in [-0.25, -0.2) is 0 Å². The fourth-order valence-corrected chi connectivity index (χ4v) is 0.203. The van der Waals surface area contributed by atoms with Gasteiger partial charge < -0.3 is 15.6 Å². The molecule has 4 heteroatoms. The standard InChI is InChI=1S/C4H8O2.CH5NO/c1-3-6-4(2)5;2-1-3/h3H2,1-2H3;3H,1-2H2. The molecule has 0 saturated heterocycles. The molecule has 0 saturated carbocycles. The van der Waals surface area contributed by atoms with Crippen molar-refractivity contribution in [2.45, 2.75) is 13.8 Å². The van der Waals surface area contributed by atoms with Crippen molar-refractivity contribution in [3.63, 3.8) is 0 Å². The summed E-state index contributed by atoms with van der Waals surface area (Å²) < 4.78 is 4.40. The zero-order chi connectivity index (χ0) is 7.70. The first-order chi connectivity index (χ1) is 4.18. The Morgan fingerprint density at radius 1 is 1.78 bits per heavy atom. The van der Waals surface area contributed by atoms with E-state index in [-0.39, 0.29) is 12.7 Å². The van der Waals surface area contributed by atoms with Crippen molar-refractivity contribution in [2.24, 2.45) is 5.73 Å². The van der Waals surface area contributed by atoms with Gasteiger partial charge in [-0.1, -0.05) is 0 Å². The minimum absolute atomic E-state index is 0.211. The molecule has 0 aliphatic carbocycles. The highest BCUT2D eigenvalue weighted by Gasteiger charge is 1.81. The van der Waals surface area contributed by atoms with E-state index >= 15 is 0 Å². The largest absolute Gasteiger partial charge is 0.466 e. The molecule has 0 amide bonds. The van der Waals surface area contributed by atoms with E-state index in [9.17, 15) is 4.79 Å². The molecule has 0 atom stereocenters. The summed E-state index contributed by atoms with van der Waals surface area (Å²) in [6, 6.07) is 0. The average molecular weight is 135 g/mol. The maximum absolute atomic E-state index is 9.82. The molecule has 0 aliphatic heterocycles. The summed E-state index contributed by atoms with van der Waals surface area (Å²) in [6.07, 6.45) is 0. The molecule has 0 bridgehead atoms. The summed E-state index contributed by atoms with van der Waals surface area (Å²) in [5.74, 6) is -0.211.